The van der Waals surface area contributed by atoms with Crippen LogP contribution in [0.5, 0.6) is 5.75 Å². The van der Waals surface area contributed by atoms with Gasteiger partial charge in [0.1, 0.15) is 0 Å². The molecule has 0 spiro atoms. The Morgan fingerprint density at radius 1 is 1.12 bits per heavy atom. The van der Waals surface area contributed by atoms with Gasteiger partial charge >= 0.3 is 0 Å². The molecule has 24 heavy (non-hydrogen) atoms. The first-order chi connectivity index (χ1) is 11.2. The minimum absolute atomic E-state index is 0.0196. The Bertz CT molecular complexity index is 766. The number of halogens is 3. The lowest BCUT2D eigenvalue weighted by Crippen LogP contribution is -2.27. The molecule has 0 radical (unpaired) electrons. The monoisotopic (exact) mass is 340 g/mol. The van der Waals surface area contributed by atoms with Gasteiger partial charge in [0.05, 0.1) is 5.56 Å². The molecule has 1 aromatic heterocycles. The fourth-order valence-electron chi connectivity index (χ4n) is 1.96. The molecule has 0 aliphatic carbocycles. The molecular weight excluding hydrogens is 325 g/mol. The van der Waals surface area contributed by atoms with Gasteiger partial charge in [-0.25, -0.2) is 18.7 Å². The van der Waals surface area contributed by atoms with Crippen LogP contribution in [0.3, 0.4) is 0 Å². The molecule has 0 saturated heterocycles. The van der Waals surface area contributed by atoms with Crippen LogP contribution in [0.4, 0.5) is 19.1 Å². The zero-order valence-corrected chi connectivity index (χ0v) is 13.2. The lowest BCUT2D eigenvalue weighted by atomic mass is 10.1. The molecule has 0 aliphatic rings. The van der Waals surface area contributed by atoms with Crippen molar-refractivity contribution in [2.24, 2.45) is 0 Å². The van der Waals surface area contributed by atoms with Crippen molar-refractivity contribution in [1.29, 1.82) is 0 Å². The van der Waals surface area contributed by atoms with Crippen molar-refractivity contribution in [1.82, 2.24) is 14.9 Å². The molecule has 0 fully saturated rings. The summed E-state index contributed by atoms with van der Waals surface area (Å²) in [7, 11) is 4.88. The van der Waals surface area contributed by atoms with E-state index in [-0.39, 0.29) is 6.54 Å². The number of benzene rings is 1. The number of hydrogen-bond donors (Lipinski definition) is 1. The lowest BCUT2D eigenvalue weighted by molar-refractivity contribution is 0.0778. The highest BCUT2D eigenvalue weighted by Gasteiger charge is 2.24. The Kier molecular flexibility index (Phi) is 4.91. The first kappa shape index (κ1) is 17.5. The molecule has 1 N–H and O–H groups in total. The van der Waals surface area contributed by atoms with Crippen LogP contribution in [-0.4, -0.2) is 47.0 Å². The van der Waals surface area contributed by atoms with Crippen LogP contribution in [-0.2, 0) is 6.54 Å². The fraction of sp³-hybridized carbons (Fsp3) is 0.267. The first-order valence-corrected chi connectivity index (χ1v) is 6.82. The van der Waals surface area contributed by atoms with Gasteiger partial charge in [-0.1, -0.05) is 0 Å². The summed E-state index contributed by atoms with van der Waals surface area (Å²) in [4.78, 5) is 23.1. The third kappa shape index (κ3) is 3.39. The smallest absolute Gasteiger partial charge is 0.257 e. The average Bonchev–Trinajstić information content (AvgIpc) is 2.56. The van der Waals surface area contributed by atoms with Crippen molar-refractivity contribution in [3.63, 3.8) is 0 Å². The fourth-order valence-corrected chi connectivity index (χ4v) is 1.96. The quantitative estimate of drug-likeness (QED) is 0.862. The molecule has 1 amide bonds. The minimum atomic E-state index is -1.74. The summed E-state index contributed by atoms with van der Waals surface area (Å²) in [5, 5.41) is 9.19. The number of anilines is 1. The number of aromatic hydroxyl groups is 1. The van der Waals surface area contributed by atoms with Gasteiger partial charge in [-0.2, -0.15) is 4.39 Å². The van der Waals surface area contributed by atoms with Crippen LogP contribution in [0.25, 0.3) is 0 Å². The number of rotatable bonds is 4. The molecule has 128 valence electrons. The Morgan fingerprint density at radius 3 is 2.25 bits per heavy atom. The van der Waals surface area contributed by atoms with Gasteiger partial charge in [-0.15, -0.1) is 0 Å². The van der Waals surface area contributed by atoms with Crippen LogP contribution < -0.4 is 4.90 Å². The highest BCUT2D eigenvalue weighted by molar-refractivity contribution is 5.94. The molecule has 2 rings (SSSR count). The Morgan fingerprint density at radius 2 is 1.71 bits per heavy atom. The number of aromatic nitrogens is 2. The van der Waals surface area contributed by atoms with E-state index in [4.69, 9.17) is 0 Å². The van der Waals surface area contributed by atoms with Gasteiger partial charge < -0.3 is 14.9 Å². The maximum absolute atomic E-state index is 13.8. The van der Waals surface area contributed by atoms with Gasteiger partial charge in [0.2, 0.25) is 11.8 Å². The van der Waals surface area contributed by atoms with Crippen LogP contribution in [0.2, 0.25) is 0 Å². The van der Waals surface area contributed by atoms with Gasteiger partial charge in [0.15, 0.2) is 17.4 Å². The summed E-state index contributed by atoms with van der Waals surface area (Å²) >= 11 is 0. The zero-order chi connectivity index (χ0) is 18.0. The zero-order valence-electron chi connectivity index (χ0n) is 13.2. The minimum Gasteiger partial charge on any atom is -0.503 e. The molecule has 0 unspecified atom stereocenters. The van der Waals surface area contributed by atoms with Crippen molar-refractivity contribution in [2.75, 3.05) is 26.0 Å². The molecule has 0 atom stereocenters. The van der Waals surface area contributed by atoms with E-state index >= 15 is 0 Å². The SMILES string of the molecule is CN(Cc1cnc(N(C)C)nc1)C(=O)c1cc(F)c(F)c(O)c1F. The van der Waals surface area contributed by atoms with Crippen LogP contribution in [0.15, 0.2) is 18.5 Å². The number of carbonyl (C=O) groups excluding carboxylic acids is 1. The lowest BCUT2D eigenvalue weighted by Gasteiger charge is -2.18. The largest absolute Gasteiger partial charge is 0.503 e. The molecule has 9 heteroatoms. The molecule has 1 heterocycles. The number of phenolic OH excluding ortho intramolecular Hbond substituents is 1. The van der Waals surface area contributed by atoms with E-state index in [1.54, 1.807) is 19.0 Å². The number of carbonyl (C=O) groups is 1. The summed E-state index contributed by atoms with van der Waals surface area (Å²) < 4.78 is 40.2. The molecular formula is C15H15F3N4O2. The second kappa shape index (κ2) is 6.73. The van der Waals surface area contributed by atoms with Crippen molar-refractivity contribution in [3.05, 3.63) is 47.0 Å². The summed E-state index contributed by atoms with van der Waals surface area (Å²) in [6, 6.07) is 0.412. The van der Waals surface area contributed by atoms with Crippen LogP contribution in [0, 0.1) is 17.5 Å². The number of nitrogens with zero attached hydrogens (tertiary/aromatic N) is 4. The van der Waals surface area contributed by atoms with Gasteiger partial charge in [0, 0.05) is 45.6 Å². The van der Waals surface area contributed by atoms with Crippen molar-refractivity contribution in [2.45, 2.75) is 6.54 Å². The molecule has 1 aromatic carbocycles. The first-order valence-electron chi connectivity index (χ1n) is 6.82. The molecule has 6 nitrogen and oxygen atoms in total. The summed E-state index contributed by atoms with van der Waals surface area (Å²) in [5.74, 6) is -6.72. The van der Waals surface area contributed by atoms with Crippen LogP contribution in [0.1, 0.15) is 15.9 Å². The molecule has 0 saturated carbocycles. The number of phenols is 1. The molecule has 2 aromatic rings. The standard InChI is InChI=1S/C15H15F3N4O2/c1-21(2)15-19-5-8(6-20-15)7-22(3)14(24)9-4-10(16)12(18)13(23)11(9)17/h4-6,23H,7H2,1-3H3. The maximum Gasteiger partial charge on any atom is 0.257 e. The highest BCUT2D eigenvalue weighted by Crippen LogP contribution is 2.26. The van der Waals surface area contributed by atoms with E-state index in [0.717, 1.165) is 4.90 Å². The third-order valence-electron chi connectivity index (χ3n) is 3.22. The topological polar surface area (TPSA) is 69.6 Å². The van der Waals surface area contributed by atoms with Gasteiger partial charge in [-0.05, 0) is 6.07 Å². The molecule has 0 bridgehead atoms. The Balaban J connectivity index is 2.21. The van der Waals surface area contributed by atoms with E-state index in [0.29, 0.717) is 17.6 Å². The van der Waals surface area contributed by atoms with Crippen molar-refractivity contribution in [3.8, 4) is 5.75 Å². The summed E-state index contributed by atoms with van der Waals surface area (Å²) in [5.41, 5.74) is -0.205. The number of hydrogen-bond acceptors (Lipinski definition) is 5. The van der Waals surface area contributed by atoms with Gasteiger partial charge in [0.25, 0.3) is 5.91 Å². The second-order valence-electron chi connectivity index (χ2n) is 5.33. The Hall–Kier alpha value is -2.84. The normalized spacial score (nSPS) is 10.6. The van der Waals surface area contributed by atoms with E-state index in [2.05, 4.69) is 9.97 Å². The van der Waals surface area contributed by atoms with E-state index in [1.165, 1.54) is 19.4 Å². The third-order valence-corrected chi connectivity index (χ3v) is 3.22. The summed E-state index contributed by atoms with van der Waals surface area (Å²) in [6.45, 7) is 0.0196. The Labute approximate surface area is 136 Å². The second-order valence-corrected chi connectivity index (χ2v) is 5.33. The summed E-state index contributed by atoms with van der Waals surface area (Å²) in [6.07, 6.45) is 2.98. The average molecular weight is 340 g/mol. The number of amides is 1. The van der Waals surface area contributed by atoms with E-state index < -0.39 is 34.7 Å². The predicted octanol–water partition coefficient (Wildman–Crippen LogP) is 1.94. The van der Waals surface area contributed by atoms with Crippen LogP contribution >= 0.6 is 0 Å². The maximum atomic E-state index is 13.8. The van der Waals surface area contributed by atoms with E-state index in [9.17, 15) is 23.1 Å². The van der Waals surface area contributed by atoms with Crippen molar-refractivity contribution < 1.29 is 23.1 Å². The van der Waals surface area contributed by atoms with Gasteiger partial charge in [-0.3, -0.25) is 4.79 Å². The predicted molar refractivity (Wildman–Crippen MR) is 80.1 cm³/mol. The van der Waals surface area contributed by atoms with E-state index in [1.807, 2.05) is 0 Å². The van der Waals surface area contributed by atoms with Crippen molar-refractivity contribution >= 4 is 11.9 Å². The highest BCUT2D eigenvalue weighted by atomic mass is 19.2. The molecule has 0 aliphatic heterocycles.